The molecular formula is C40H26N2. The molecule has 2 nitrogen and oxygen atoms in total. The molecular weight excluding hydrogens is 508 g/mol. The number of benzene rings is 6. The van der Waals surface area contributed by atoms with Crippen molar-refractivity contribution in [1.29, 1.82) is 0 Å². The van der Waals surface area contributed by atoms with Gasteiger partial charge in [-0.05, 0) is 68.8 Å². The van der Waals surface area contributed by atoms with Gasteiger partial charge in [0.1, 0.15) is 0 Å². The lowest BCUT2D eigenvalue weighted by atomic mass is 9.90. The molecule has 42 heavy (non-hydrogen) atoms. The molecule has 8 rings (SSSR count). The lowest BCUT2D eigenvalue weighted by Crippen LogP contribution is -1.92. The van der Waals surface area contributed by atoms with E-state index >= 15 is 0 Å². The number of hydrogen-bond donors (Lipinski definition) is 0. The van der Waals surface area contributed by atoms with Crippen molar-refractivity contribution in [2.75, 3.05) is 0 Å². The SMILES string of the molecule is c1ccc(-c2ccc(-c3cc4c(cc(-c5ccc(-c6ccccc6)cc5)c5cccnc54)c4ncccc34)cc2)cc1. The van der Waals surface area contributed by atoms with Gasteiger partial charge in [0.2, 0.25) is 0 Å². The Morgan fingerprint density at radius 1 is 0.286 bits per heavy atom. The van der Waals surface area contributed by atoms with Crippen molar-refractivity contribution in [2.45, 2.75) is 0 Å². The highest BCUT2D eigenvalue weighted by molar-refractivity contribution is 6.21. The second kappa shape index (κ2) is 10.1. The maximum Gasteiger partial charge on any atom is 0.0787 e. The van der Waals surface area contributed by atoms with Crippen molar-refractivity contribution < 1.29 is 0 Å². The molecule has 6 aromatic carbocycles. The van der Waals surface area contributed by atoms with E-state index in [2.05, 4.69) is 133 Å². The molecule has 0 aliphatic heterocycles. The summed E-state index contributed by atoms with van der Waals surface area (Å²) in [5, 5.41) is 4.50. The third-order valence-corrected chi connectivity index (χ3v) is 8.18. The first-order valence-corrected chi connectivity index (χ1v) is 14.2. The average Bonchev–Trinajstić information content (AvgIpc) is 3.08. The fourth-order valence-electron chi connectivity index (χ4n) is 6.09. The third-order valence-electron chi connectivity index (χ3n) is 8.18. The summed E-state index contributed by atoms with van der Waals surface area (Å²) in [4.78, 5) is 9.86. The van der Waals surface area contributed by atoms with Crippen LogP contribution in [0.5, 0.6) is 0 Å². The Hall–Kier alpha value is -5.60. The van der Waals surface area contributed by atoms with Gasteiger partial charge in [0.25, 0.3) is 0 Å². The zero-order valence-corrected chi connectivity index (χ0v) is 22.9. The van der Waals surface area contributed by atoms with Gasteiger partial charge in [0, 0.05) is 33.9 Å². The van der Waals surface area contributed by atoms with Gasteiger partial charge in [-0.25, -0.2) is 0 Å². The van der Waals surface area contributed by atoms with E-state index in [1.807, 2.05) is 24.5 Å². The molecule has 0 aliphatic rings. The second-order valence-electron chi connectivity index (χ2n) is 10.6. The molecule has 0 saturated heterocycles. The minimum Gasteiger partial charge on any atom is -0.256 e. The number of aromatic nitrogens is 2. The van der Waals surface area contributed by atoms with Crippen LogP contribution in [-0.2, 0) is 0 Å². The zero-order chi connectivity index (χ0) is 27.9. The molecule has 8 aromatic rings. The predicted molar refractivity (Wildman–Crippen MR) is 176 cm³/mol. The zero-order valence-electron chi connectivity index (χ0n) is 22.9. The van der Waals surface area contributed by atoms with E-state index in [0.29, 0.717) is 0 Å². The quantitative estimate of drug-likeness (QED) is 0.210. The van der Waals surface area contributed by atoms with Crippen LogP contribution >= 0.6 is 0 Å². The average molecular weight is 535 g/mol. The molecule has 0 aliphatic carbocycles. The first-order valence-electron chi connectivity index (χ1n) is 14.2. The molecule has 0 fully saturated rings. The van der Waals surface area contributed by atoms with Gasteiger partial charge in [0.05, 0.1) is 11.0 Å². The van der Waals surface area contributed by atoms with Gasteiger partial charge >= 0.3 is 0 Å². The van der Waals surface area contributed by atoms with Crippen LogP contribution in [0.1, 0.15) is 0 Å². The fourth-order valence-corrected chi connectivity index (χ4v) is 6.09. The number of pyridine rings is 2. The Balaban J connectivity index is 1.32. The van der Waals surface area contributed by atoms with Gasteiger partial charge in [0.15, 0.2) is 0 Å². The highest BCUT2D eigenvalue weighted by Crippen LogP contribution is 2.41. The van der Waals surface area contributed by atoms with Crippen molar-refractivity contribution in [3.05, 3.63) is 158 Å². The number of hydrogen-bond acceptors (Lipinski definition) is 2. The summed E-state index contributed by atoms with van der Waals surface area (Å²) in [5.74, 6) is 0. The van der Waals surface area contributed by atoms with E-state index in [1.165, 1.54) is 33.4 Å². The van der Waals surface area contributed by atoms with Crippen LogP contribution < -0.4 is 0 Å². The second-order valence-corrected chi connectivity index (χ2v) is 10.6. The van der Waals surface area contributed by atoms with Crippen molar-refractivity contribution in [3.63, 3.8) is 0 Å². The van der Waals surface area contributed by atoms with Crippen molar-refractivity contribution in [1.82, 2.24) is 9.97 Å². The maximum absolute atomic E-state index is 4.93. The van der Waals surface area contributed by atoms with E-state index in [1.54, 1.807) is 0 Å². The number of nitrogens with zero attached hydrogens (tertiary/aromatic N) is 2. The Bertz CT molecular complexity index is 2040. The van der Waals surface area contributed by atoms with Crippen molar-refractivity contribution in [3.8, 4) is 44.5 Å². The monoisotopic (exact) mass is 534 g/mol. The first kappa shape index (κ1) is 24.2. The maximum atomic E-state index is 4.93. The molecule has 0 unspecified atom stereocenters. The molecule has 0 amide bonds. The van der Waals surface area contributed by atoms with Gasteiger partial charge in [-0.3, -0.25) is 9.97 Å². The third kappa shape index (κ3) is 4.13. The first-order chi connectivity index (χ1) is 20.8. The molecule has 0 spiro atoms. The predicted octanol–water partition coefficient (Wildman–Crippen LogP) is 10.6. The van der Waals surface area contributed by atoms with Crippen LogP contribution in [0.15, 0.2) is 158 Å². The van der Waals surface area contributed by atoms with Gasteiger partial charge < -0.3 is 0 Å². The van der Waals surface area contributed by atoms with Crippen molar-refractivity contribution in [2.24, 2.45) is 0 Å². The van der Waals surface area contributed by atoms with Crippen molar-refractivity contribution >= 4 is 32.6 Å². The standard InChI is InChI=1S/C40H26N2/c1-3-9-27(10-4-1)29-15-19-31(20-16-29)35-25-37-38(39-33(35)13-7-23-41-39)26-36(34-14-8-24-42-40(34)37)32-21-17-30(18-22-32)28-11-5-2-6-12-28/h1-26H. The highest BCUT2D eigenvalue weighted by Gasteiger charge is 2.16. The molecule has 0 atom stereocenters. The number of fused-ring (bicyclic) bond motifs is 5. The summed E-state index contributed by atoms with van der Waals surface area (Å²) in [6.45, 7) is 0. The Morgan fingerprint density at radius 2 is 0.643 bits per heavy atom. The Morgan fingerprint density at radius 3 is 1.05 bits per heavy atom. The molecule has 2 aromatic heterocycles. The van der Waals surface area contributed by atoms with Crippen LogP contribution in [0.3, 0.4) is 0 Å². The fraction of sp³-hybridized carbons (Fsp3) is 0. The molecule has 0 N–H and O–H groups in total. The summed E-state index contributed by atoms with van der Waals surface area (Å²) in [6.07, 6.45) is 3.78. The Labute approximate surface area is 244 Å². The van der Waals surface area contributed by atoms with E-state index in [9.17, 15) is 0 Å². The topological polar surface area (TPSA) is 25.8 Å². The lowest BCUT2D eigenvalue weighted by molar-refractivity contribution is 1.41. The summed E-state index contributed by atoms with van der Waals surface area (Å²) < 4.78 is 0. The molecule has 0 bridgehead atoms. The minimum absolute atomic E-state index is 0.992. The van der Waals surface area contributed by atoms with E-state index in [0.717, 1.165) is 43.7 Å². The van der Waals surface area contributed by atoms with Crippen LogP contribution in [0.4, 0.5) is 0 Å². The van der Waals surface area contributed by atoms with E-state index < -0.39 is 0 Å². The van der Waals surface area contributed by atoms with Crippen LogP contribution in [0, 0.1) is 0 Å². The smallest absolute Gasteiger partial charge is 0.0787 e. The van der Waals surface area contributed by atoms with E-state index in [4.69, 9.17) is 9.97 Å². The summed E-state index contributed by atoms with van der Waals surface area (Å²) in [7, 11) is 0. The largest absolute Gasteiger partial charge is 0.256 e. The highest BCUT2D eigenvalue weighted by atomic mass is 14.7. The normalized spacial score (nSPS) is 11.3. The summed E-state index contributed by atoms with van der Waals surface area (Å²) in [6, 6.07) is 51.7. The summed E-state index contributed by atoms with van der Waals surface area (Å²) in [5.41, 5.74) is 11.5. The molecule has 196 valence electrons. The molecule has 2 heterocycles. The Kier molecular flexibility index (Phi) is 5.82. The van der Waals surface area contributed by atoms with Crippen LogP contribution in [0.2, 0.25) is 0 Å². The molecule has 2 heteroatoms. The minimum atomic E-state index is 0.992. The van der Waals surface area contributed by atoms with Crippen LogP contribution in [0.25, 0.3) is 77.1 Å². The van der Waals surface area contributed by atoms with E-state index in [-0.39, 0.29) is 0 Å². The van der Waals surface area contributed by atoms with Gasteiger partial charge in [-0.15, -0.1) is 0 Å². The molecule has 0 saturated carbocycles. The number of rotatable bonds is 4. The lowest BCUT2D eigenvalue weighted by Gasteiger charge is -2.15. The van der Waals surface area contributed by atoms with Gasteiger partial charge in [-0.1, -0.05) is 121 Å². The van der Waals surface area contributed by atoms with Crippen LogP contribution in [-0.4, -0.2) is 9.97 Å². The van der Waals surface area contributed by atoms with Gasteiger partial charge in [-0.2, -0.15) is 0 Å². The summed E-state index contributed by atoms with van der Waals surface area (Å²) >= 11 is 0. The molecule has 0 radical (unpaired) electrons.